The van der Waals surface area contributed by atoms with Gasteiger partial charge in [0, 0.05) is 24.0 Å². The smallest absolute Gasteiger partial charge is 0.123 e. The number of nitrogens with zero attached hydrogens (tertiary/aromatic N) is 2. The number of ether oxygens (including phenoxy) is 1. The summed E-state index contributed by atoms with van der Waals surface area (Å²) in [7, 11) is 3.76. The van der Waals surface area contributed by atoms with Crippen LogP contribution in [0.4, 0.5) is 0 Å². The summed E-state index contributed by atoms with van der Waals surface area (Å²) in [5.74, 6) is 0.879. The molecule has 20 heavy (non-hydrogen) atoms. The number of methoxy groups -OCH3 is 1. The summed E-state index contributed by atoms with van der Waals surface area (Å²) < 4.78 is 5.44. The van der Waals surface area contributed by atoms with E-state index in [4.69, 9.17) is 10.5 Å². The highest BCUT2D eigenvalue weighted by Crippen LogP contribution is 2.28. The SMILES string of the molecule is COc1ccccc1C(CN)N(C)Cc1csc(C)n1. The van der Waals surface area contributed by atoms with Crippen molar-refractivity contribution in [2.75, 3.05) is 20.7 Å². The highest BCUT2D eigenvalue weighted by molar-refractivity contribution is 7.09. The van der Waals surface area contributed by atoms with Crippen LogP contribution in [0.5, 0.6) is 5.75 Å². The summed E-state index contributed by atoms with van der Waals surface area (Å²) in [5.41, 5.74) is 8.18. The van der Waals surface area contributed by atoms with Crippen LogP contribution in [0.25, 0.3) is 0 Å². The largest absolute Gasteiger partial charge is 0.496 e. The predicted octanol–water partition coefficient (Wildman–Crippen LogP) is 2.59. The van der Waals surface area contributed by atoms with Crippen molar-refractivity contribution in [3.8, 4) is 5.75 Å². The maximum Gasteiger partial charge on any atom is 0.123 e. The number of para-hydroxylation sites is 1. The standard InChI is InChI=1S/C15H21N3OS/c1-11-17-12(10-20-11)9-18(2)14(8-16)13-6-4-5-7-15(13)19-3/h4-7,10,14H,8-9,16H2,1-3H3. The van der Waals surface area contributed by atoms with Crippen molar-refractivity contribution in [2.24, 2.45) is 5.73 Å². The Hall–Kier alpha value is -1.43. The molecule has 0 aliphatic carbocycles. The number of thiazole rings is 1. The monoisotopic (exact) mass is 291 g/mol. The number of hydrogen-bond acceptors (Lipinski definition) is 5. The molecule has 1 unspecified atom stereocenters. The summed E-state index contributed by atoms with van der Waals surface area (Å²) in [5, 5.41) is 3.19. The molecular weight excluding hydrogens is 270 g/mol. The van der Waals surface area contributed by atoms with Gasteiger partial charge in [0.25, 0.3) is 0 Å². The van der Waals surface area contributed by atoms with Gasteiger partial charge in [0.1, 0.15) is 5.75 Å². The summed E-state index contributed by atoms with van der Waals surface area (Å²) in [6.45, 7) is 3.35. The van der Waals surface area contributed by atoms with Crippen LogP contribution < -0.4 is 10.5 Å². The average molecular weight is 291 g/mol. The zero-order valence-electron chi connectivity index (χ0n) is 12.2. The highest BCUT2D eigenvalue weighted by Gasteiger charge is 2.19. The minimum absolute atomic E-state index is 0.119. The number of aryl methyl sites for hydroxylation is 1. The van der Waals surface area contributed by atoms with E-state index < -0.39 is 0 Å². The van der Waals surface area contributed by atoms with Gasteiger partial charge in [-0.05, 0) is 20.0 Å². The molecule has 108 valence electrons. The molecule has 0 spiro atoms. The number of aromatic nitrogens is 1. The Morgan fingerprint density at radius 2 is 2.15 bits per heavy atom. The second kappa shape index (κ2) is 6.83. The van der Waals surface area contributed by atoms with Crippen LogP contribution in [0.3, 0.4) is 0 Å². The molecule has 2 N–H and O–H groups in total. The van der Waals surface area contributed by atoms with Gasteiger partial charge in [-0.2, -0.15) is 0 Å². The van der Waals surface area contributed by atoms with Crippen LogP contribution in [-0.4, -0.2) is 30.6 Å². The van der Waals surface area contributed by atoms with E-state index in [9.17, 15) is 0 Å². The van der Waals surface area contributed by atoms with E-state index >= 15 is 0 Å². The Balaban J connectivity index is 2.18. The maximum absolute atomic E-state index is 5.97. The first-order chi connectivity index (χ1) is 9.65. The van der Waals surface area contributed by atoms with E-state index in [-0.39, 0.29) is 6.04 Å². The van der Waals surface area contributed by atoms with E-state index in [1.54, 1.807) is 18.4 Å². The summed E-state index contributed by atoms with van der Waals surface area (Å²) >= 11 is 1.68. The lowest BCUT2D eigenvalue weighted by Crippen LogP contribution is -2.30. The summed E-state index contributed by atoms with van der Waals surface area (Å²) in [4.78, 5) is 6.72. The Bertz CT molecular complexity index is 556. The zero-order chi connectivity index (χ0) is 14.5. The van der Waals surface area contributed by atoms with Crippen molar-refractivity contribution in [3.63, 3.8) is 0 Å². The molecule has 1 atom stereocenters. The molecule has 4 nitrogen and oxygen atoms in total. The normalized spacial score (nSPS) is 12.7. The van der Waals surface area contributed by atoms with Crippen LogP contribution in [0.15, 0.2) is 29.6 Å². The Morgan fingerprint density at radius 1 is 1.40 bits per heavy atom. The van der Waals surface area contributed by atoms with Crippen molar-refractivity contribution < 1.29 is 4.74 Å². The fourth-order valence-corrected chi connectivity index (χ4v) is 2.94. The lowest BCUT2D eigenvalue weighted by Gasteiger charge is -2.27. The first-order valence-electron chi connectivity index (χ1n) is 6.60. The highest BCUT2D eigenvalue weighted by atomic mass is 32.1. The molecule has 1 aromatic carbocycles. The Morgan fingerprint density at radius 3 is 2.75 bits per heavy atom. The van der Waals surface area contributed by atoms with Crippen molar-refractivity contribution in [2.45, 2.75) is 19.5 Å². The van der Waals surface area contributed by atoms with Gasteiger partial charge in [0.15, 0.2) is 0 Å². The predicted molar refractivity (Wildman–Crippen MR) is 83.1 cm³/mol. The third-order valence-electron chi connectivity index (χ3n) is 3.33. The van der Waals surface area contributed by atoms with Crippen molar-refractivity contribution >= 4 is 11.3 Å². The Labute approximate surface area is 124 Å². The minimum Gasteiger partial charge on any atom is -0.496 e. The first-order valence-corrected chi connectivity index (χ1v) is 7.48. The number of likely N-dealkylation sites (N-methyl/N-ethyl adjacent to an activating group) is 1. The molecule has 1 heterocycles. The zero-order valence-corrected chi connectivity index (χ0v) is 13.0. The average Bonchev–Trinajstić information content (AvgIpc) is 2.85. The quantitative estimate of drug-likeness (QED) is 0.889. The molecule has 0 bridgehead atoms. The number of rotatable bonds is 6. The second-order valence-corrected chi connectivity index (χ2v) is 5.83. The van der Waals surface area contributed by atoms with Crippen LogP contribution in [0, 0.1) is 6.92 Å². The molecule has 0 saturated carbocycles. The fourth-order valence-electron chi connectivity index (χ4n) is 2.33. The van der Waals surface area contributed by atoms with Gasteiger partial charge < -0.3 is 10.5 Å². The van der Waals surface area contributed by atoms with E-state index in [0.29, 0.717) is 6.54 Å². The molecule has 0 aliphatic rings. The molecular formula is C15H21N3OS. The molecule has 0 aliphatic heterocycles. The lowest BCUT2D eigenvalue weighted by atomic mass is 10.0. The second-order valence-electron chi connectivity index (χ2n) is 4.77. The van der Waals surface area contributed by atoms with E-state index in [1.165, 1.54) is 0 Å². The van der Waals surface area contributed by atoms with E-state index in [0.717, 1.165) is 28.6 Å². The molecule has 2 rings (SSSR count). The van der Waals surface area contributed by atoms with Crippen molar-refractivity contribution in [1.82, 2.24) is 9.88 Å². The number of benzene rings is 1. The van der Waals surface area contributed by atoms with Crippen molar-refractivity contribution in [1.29, 1.82) is 0 Å². The Kier molecular flexibility index (Phi) is 5.11. The minimum atomic E-state index is 0.119. The van der Waals surface area contributed by atoms with Crippen LogP contribution in [0.2, 0.25) is 0 Å². The van der Waals surface area contributed by atoms with Crippen molar-refractivity contribution in [3.05, 3.63) is 45.9 Å². The lowest BCUT2D eigenvalue weighted by molar-refractivity contribution is 0.234. The fraction of sp³-hybridized carbons (Fsp3) is 0.400. The van der Waals surface area contributed by atoms with Gasteiger partial charge in [-0.3, -0.25) is 4.90 Å². The molecule has 0 amide bonds. The third-order valence-corrected chi connectivity index (χ3v) is 4.15. The van der Waals surface area contributed by atoms with Crippen LogP contribution in [-0.2, 0) is 6.54 Å². The van der Waals surface area contributed by atoms with Gasteiger partial charge in [-0.25, -0.2) is 4.98 Å². The van der Waals surface area contributed by atoms with E-state index in [1.807, 2.05) is 25.1 Å². The van der Waals surface area contributed by atoms with E-state index in [2.05, 4.69) is 28.4 Å². The molecule has 0 radical (unpaired) electrons. The molecule has 2 aromatic rings. The summed E-state index contributed by atoms with van der Waals surface area (Å²) in [6.07, 6.45) is 0. The van der Waals surface area contributed by atoms with Gasteiger partial charge in [0.2, 0.25) is 0 Å². The number of nitrogens with two attached hydrogens (primary N) is 1. The van der Waals surface area contributed by atoms with Crippen LogP contribution >= 0.6 is 11.3 Å². The molecule has 5 heteroatoms. The third kappa shape index (κ3) is 3.36. The summed E-state index contributed by atoms with van der Waals surface area (Å²) in [6, 6.07) is 8.15. The van der Waals surface area contributed by atoms with Crippen LogP contribution in [0.1, 0.15) is 22.3 Å². The molecule has 0 fully saturated rings. The van der Waals surface area contributed by atoms with Gasteiger partial charge in [0.05, 0.1) is 23.9 Å². The maximum atomic E-state index is 5.97. The van der Waals surface area contributed by atoms with Gasteiger partial charge in [-0.15, -0.1) is 11.3 Å². The first kappa shape index (κ1) is 15.0. The van der Waals surface area contributed by atoms with Gasteiger partial charge in [-0.1, -0.05) is 18.2 Å². The molecule has 0 saturated heterocycles. The topological polar surface area (TPSA) is 51.4 Å². The molecule has 1 aromatic heterocycles. The van der Waals surface area contributed by atoms with Gasteiger partial charge >= 0.3 is 0 Å². The number of hydrogen-bond donors (Lipinski definition) is 1.